The van der Waals surface area contributed by atoms with Crippen molar-refractivity contribution in [1.29, 1.82) is 0 Å². The summed E-state index contributed by atoms with van der Waals surface area (Å²) in [5.41, 5.74) is 0. The number of hydrogen-bond acceptors (Lipinski definition) is 1. The Hall–Kier alpha value is -0.440. The first kappa shape index (κ1) is 6.56. The molecule has 0 aliphatic carbocycles. The van der Waals surface area contributed by atoms with Crippen LogP contribution in [0.25, 0.3) is 0 Å². The maximum absolute atomic E-state index is 9.48. The van der Waals surface area contributed by atoms with Gasteiger partial charge in [0.1, 0.15) is 0 Å². The molecule has 0 fully saturated rings. The second-order valence-corrected chi connectivity index (χ2v) is 1.28. The fourth-order valence-corrected chi connectivity index (χ4v) is 0.244. The summed E-state index contributed by atoms with van der Waals surface area (Å²) in [7, 11) is 0. The summed E-state index contributed by atoms with van der Waals surface area (Å²) in [5, 5.41) is 11.4. The lowest BCUT2D eigenvalue weighted by Gasteiger charge is -1.88. The molecule has 0 saturated carbocycles. The highest BCUT2D eigenvalue weighted by atomic mass is 35.5. The Balaban J connectivity index is 2.82. The van der Waals surface area contributed by atoms with E-state index in [-0.39, 0.29) is 12.4 Å². The van der Waals surface area contributed by atoms with Gasteiger partial charge in [0.2, 0.25) is 0 Å². The van der Waals surface area contributed by atoms with Gasteiger partial charge in [0.25, 0.3) is 0 Å². The minimum atomic E-state index is -1.28. The van der Waals surface area contributed by atoms with Crippen LogP contribution >= 0.6 is 11.6 Å². The van der Waals surface area contributed by atoms with E-state index in [1.165, 1.54) is 0 Å². The SMILES string of the molecule is [O]C(=O)NCCCl. The summed E-state index contributed by atoms with van der Waals surface area (Å²) in [6.45, 7) is 0.254. The molecule has 3 nitrogen and oxygen atoms in total. The summed E-state index contributed by atoms with van der Waals surface area (Å²) < 4.78 is 0. The van der Waals surface area contributed by atoms with Crippen molar-refractivity contribution in [2.45, 2.75) is 0 Å². The third kappa shape index (κ3) is 5.56. The molecule has 1 amide bonds. The Morgan fingerprint density at radius 2 is 2.29 bits per heavy atom. The lowest BCUT2D eigenvalue weighted by atomic mass is 10.7. The van der Waals surface area contributed by atoms with Crippen LogP contribution in [0.2, 0.25) is 0 Å². The molecule has 1 radical (unpaired) electrons. The Bertz CT molecular complexity index is 66.0. The summed E-state index contributed by atoms with van der Waals surface area (Å²) in [6, 6.07) is 0. The van der Waals surface area contributed by atoms with Gasteiger partial charge in [0, 0.05) is 12.4 Å². The molecule has 0 unspecified atom stereocenters. The molecule has 1 N–H and O–H groups in total. The van der Waals surface area contributed by atoms with Gasteiger partial charge in [0.15, 0.2) is 0 Å². The van der Waals surface area contributed by atoms with Crippen LogP contribution in [0.4, 0.5) is 4.79 Å². The molecule has 0 heterocycles. The number of nitrogens with one attached hydrogen (secondary N) is 1. The largest absolute Gasteiger partial charge is 0.450 e. The molecule has 0 atom stereocenters. The number of alkyl halides is 1. The van der Waals surface area contributed by atoms with Crippen LogP contribution in [-0.4, -0.2) is 18.5 Å². The Labute approximate surface area is 46.3 Å². The highest BCUT2D eigenvalue weighted by molar-refractivity contribution is 6.18. The second-order valence-electron chi connectivity index (χ2n) is 0.903. The quantitative estimate of drug-likeness (QED) is 0.529. The molecule has 0 aliphatic heterocycles. The molecule has 0 spiro atoms. The molecule has 0 saturated heterocycles. The van der Waals surface area contributed by atoms with Crippen molar-refractivity contribution in [3.63, 3.8) is 0 Å². The molecule has 0 aromatic carbocycles. The van der Waals surface area contributed by atoms with Crippen molar-refractivity contribution in [3.05, 3.63) is 0 Å². The molecule has 0 rings (SSSR count). The third-order valence-electron chi connectivity index (χ3n) is 0.364. The van der Waals surface area contributed by atoms with Crippen LogP contribution in [0, 0.1) is 0 Å². The Kier molecular flexibility index (Phi) is 3.50. The molecule has 4 heteroatoms. The predicted molar refractivity (Wildman–Crippen MR) is 24.8 cm³/mol. The number of hydrogen-bond donors (Lipinski definition) is 1. The second kappa shape index (κ2) is 3.74. The molecule has 41 valence electrons. The number of carbonyl (C=O) groups is 1. The van der Waals surface area contributed by atoms with E-state index in [0.717, 1.165) is 0 Å². The molecule has 0 aromatic heterocycles. The molecule has 7 heavy (non-hydrogen) atoms. The van der Waals surface area contributed by atoms with Gasteiger partial charge in [-0.3, -0.25) is 0 Å². The fourth-order valence-electron chi connectivity index (χ4n) is 0.149. The monoisotopic (exact) mass is 122 g/mol. The summed E-state index contributed by atoms with van der Waals surface area (Å²) in [4.78, 5) is 9.48. The minimum Gasteiger partial charge on any atom is -0.317 e. The standard InChI is InChI=1S/C3H5ClNO2/c4-1-2-5-3(6)7/h5H,1-2H2. The Morgan fingerprint density at radius 3 is 2.43 bits per heavy atom. The maximum atomic E-state index is 9.48. The zero-order valence-electron chi connectivity index (χ0n) is 3.61. The predicted octanol–water partition coefficient (Wildman–Crippen LogP) is 0.365. The van der Waals surface area contributed by atoms with E-state index in [0.29, 0.717) is 0 Å². The van der Waals surface area contributed by atoms with Gasteiger partial charge >= 0.3 is 6.09 Å². The number of amides is 1. The Morgan fingerprint density at radius 1 is 1.71 bits per heavy atom. The number of halogens is 1. The van der Waals surface area contributed by atoms with Crippen LogP contribution in [-0.2, 0) is 5.11 Å². The lowest BCUT2D eigenvalue weighted by molar-refractivity contribution is 0.169. The molecule has 0 aromatic rings. The van der Waals surface area contributed by atoms with Crippen LogP contribution in [0.15, 0.2) is 0 Å². The van der Waals surface area contributed by atoms with Crippen molar-refractivity contribution in [2.24, 2.45) is 0 Å². The first-order chi connectivity index (χ1) is 3.27. The molecular weight excluding hydrogens is 117 g/mol. The van der Waals surface area contributed by atoms with E-state index in [1.807, 2.05) is 5.32 Å². The molecule has 0 bridgehead atoms. The lowest BCUT2D eigenvalue weighted by Crippen LogP contribution is -2.21. The van der Waals surface area contributed by atoms with Crippen molar-refractivity contribution in [3.8, 4) is 0 Å². The van der Waals surface area contributed by atoms with E-state index in [2.05, 4.69) is 0 Å². The van der Waals surface area contributed by atoms with E-state index in [4.69, 9.17) is 11.6 Å². The van der Waals surface area contributed by atoms with Crippen LogP contribution in [0.5, 0.6) is 0 Å². The third-order valence-corrected chi connectivity index (χ3v) is 0.553. The summed E-state index contributed by atoms with van der Waals surface area (Å²) in [5.74, 6) is 0.286. The summed E-state index contributed by atoms with van der Waals surface area (Å²) in [6.07, 6.45) is -1.28. The zero-order valence-corrected chi connectivity index (χ0v) is 4.36. The topological polar surface area (TPSA) is 49.0 Å². The highest BCUT2D eigenvalue weighted by Crippen LogP contribution is 1.68. The van der Waals surface area contributed by atoms with Gasteiger partial charge in [-0.2, -0.15) is 0 Å². The average Bonchev–Trinajstić information content (AvgIpc) is 1.61. The first-order valence-electron chi connectivity index (χ1n) is 1.78. The smallest absolute Gasteiger partial charge is 0.317 e. The van der Waals surface area contributed by atoms with Crippen molar-refractivity contribution < 1.29 is 9.90 Å². The number of carbonyl (C=O) groups excluding carboxylic acids is 1. The zero-order chi connectivity index (χ0) is 5.70. The van der Waals surface area contributed by atoms with Crippen molar-refractivity contribution in [1.82, 2.24) is 5.32 Å². The van der Waals surface area contributed by atoms with Crippen molar-refractivity contribution >= 4 is 17.7 Å². The molecule has 0 aliphatic rings. The molecular formula is C3H5ClNO2. The van der Waals surface area contributed by atoms with E-state index in [1.54, 1.807) is 0 Å². The van der Waals surface area contributed by atoms with Gasteiger partial charge < -0.3 is 5.32 Å². The van der Waals surface area contributed by atoms with Gasteiger partial charge in [-0.05, 0) is 0 Å². The minimum absolute atomic E-state index is 0.254. The van der Waals surface area contributed by atoms with Crippen LogP contribution in [0.1, 0.15) is 0 Å². The normalized spacial score (nSPS) is 8.14. The van der Waals surface area contributed by atoms with Gasteiger partial charge in [0.05, 0.1) is 0 Å². The van der Waals surface area contributed by atoms with E-state index >= 15 is 0 Å². The van der Waals surface area contributed by atoms with Crippen LogP contribution < -0.4 is 5.32 Å². The maximum Gasteiger partial charge on any atom is 0.450 e. The first-order valence-corrected chi connectivity index (χ1v) is 2.31. The fraction of sp³-hybridized carbons (Fsp3) is 0.667. The van der Waals surface area contributed by atoms with Gasteiger partial charge in [-0.25, -0.2) is 9.90 Å². The number of rotatable bonds is 2. The van der Waals surface area contributed by atoms with Gasteiger partial charge in [-0.15, -0.1) is 11.6 Å². The van der Waals surface area contributed by atoms with Crippen LogP contribution in [0.3, 0.4) is 0 Å². The highest BCUT2D eigenvalue weighted by Gasteiger charge is 1.91. The van der Waals surface area contributed by atoms with E-state index in [9.17, 15) is 9.90 Å². The van der Waals surface area contributed by atoms with Crippen molar-refractivity contribution in [2.75, 3.05) is 12.4 Å². The van der Waals surface area contributed by atoms with E-state index < -0.39 is 6.09 Å². The average molecular weight is 123 g/mol. The van der Waals surface area contributed by atoms with Gasteiger partial charge in [-0.1, -0.05) is 0 Å². The summed E-state index contributed by atoms with van der Waals surface area (Å²) >= 11 is 5.09.